The van der Waals surface area contributed by atoms with Crippen LogP contribution in [0.3, 0.4) is 0 Å². The minimum atomic E-state index is -0.725. The van der Waals surface area contributed by atoms with Crippen LogP contribution in [0.5, 0.6) is 17.2 Å². The molecule has 0 unspecified atom stereocenters. The highest BCUT2D eigenvalue weighted by atomic mass is 35.5. The number of anilines is 1. The number of halogens is 1. The van der Waals surface area contributed by atoms with Gasteiger partial charge in [-0.3, -0.25) is 14.6 Å². The van der Waals surface area contributed by atoms with Gasteiger partial charge in [0.25, 0.3) is 5.91 Å². The predicted molar refractivity (Wildman–Crippen MR) is 108 cm³/mol. The van der Waals surface area contributed by atoms with Crippen LogP contribution < -0.4 is 26.0 Å². The van der Waals surface area contributed by atoms with Gasteiger partial charge in [-0.05, 0) is 24.3 Å². The summed E-state index contributed by atoms with van der Waals surface area (Å²) in [5, 5.41) is 3.23. The van der Waals surface area contributed by atoms with Gasteiger partial charge in [0.2, 0.25) is 0 Å². The first-order valence-electron chi connectivity index (χ1n) is 8.27. The summed E-state index contributed by atoms with van der Waals surface area (Å²) in [7, 11) is 2.79. The van der Waals surface area contributed by atoms with Crippen molar-refractivity contribution in [3.8, 4) is 17.2 Å². The average Bonchev–Trinajstić information content (AvgIpc) is 2.69. The monoisotopic (exact) mass is 416 g/mol. The molecule has 0 aliphatic rings. The number of hydroxylamine groups is 1. The summed E-state index contributed by atoms with van der Waals surface area (Å²) in [6.45, 7) is 0. The van der Waals surface area contributed by atoms with Crippen LogP contribution in [0, 0.1) is 0 Å². The summed E-state index contributed by atoms with van der Waals surface area (Å²) in [5.41, 5.74) is 8.53. The van der Waals surface area contributed by atoms with E-state index in [4.69, 9.17) is 31.6 Å². The first kappa shape index (κ1) is 20.2. The highest BCUT2D eigenvalue weighted by Crippen LogP contribution is 2.35. The number of carbonyl (C=O) groups excluding carboxylic acids is 2. The van der Waals surface area contributed by atoms with E-state index in [9.17, 15) is 9.59 Å². The Morgan fingerprint density at radius 1 is 1.10 bits per heavy atom. The van der Waals surface area contributed by atoms with Crippen LogP contribution in [-0.4, -0.2) is 31.1 Å². The molecule has 1 heterocycles. The fourth-order valence-electron chi connectivity index (χ4n) is 2.65. The quantitative estimate of drug-likeness (QED) is 0.528. The Balaban J connectivity index is 2.01. The molecule has 0 saturated heterocycles. The number of benzene rings is 2. The normalized spacial score (nSPS) is 10.4. The second-order valence-corrected chi connectivity index (χ2v) is 6.15. The SMILES string of the molecule is CONC(=O)c1cc2c(Oc3ccc(NC(N)=O)c(Cl)c3)ccnc2cc1OC. The molecule has 150 valence electrons. The lowest BCUT2D eigenvalue weighted by Gasteiger charge is -2.13. The van der Waals surface area contributed by atoms with Crippen LogP contribution in [0.1, 0.15) is 10.4 Å². The molecule has 4 N–H and O–H groups in total. The van der Waals surface area contributed by atoms with Crippen molar-refractivity contribution in [1.82, 2.24) is 10.5 Å². The summed E-state index contributed by atoms with van der Waals surface area (Å²) in [6, 6.07) is 8.85. The van der Waals surface area contributed by atoms with E-state index in [0.29, 0.717) is 33.8 Å². The van der Waals surface area contributed by atoms with Gasteiger partial charge in [0, 0.05) is 23.7 Å². The Morgan fingerprint density at radius 2 is 1.90 bits per heavy atom. The van der Waals surface area contributed by atoms with Gasteiger partial charge in [-0.2, -0.15) is 0 Å². The van der Waals surface area contributed by atoms with E-state index >= 15 is 0 Å². The van der Waals surface area contributed by atoms with Crippen LogP contribution in [-0.2, 0) is 4.84 Å². The number of rotatable bonds is 6. The van der Waals surface area contributed by atoms with Gasteiger partial charge in [-0.25, -0.2) is 10.3 Å². The van der Waals surface area contributed by atoms with Crippen molar-refractivity contribution in [1.29, 1.82) is 0 Å². The van der Waals surface area contributed by atoms with Gasteiger partial charge in [-0.15, -0.1) is 0 Å². The van der Waals surface area contributed by atoms with E-state index < -0.39 is 11.9 Å². The zero-order valence-corrected chi connectivity index (χ0v) is 16.2. The lowest BCUT2D eigenvalue weighted by Crippen LogP contribution is -2.22. The van der Waals surface area contributed by atoms with Crippen LogP contribution in [0.15, 0.2) is 42.6 Å². The predicted octanol–water partition coefficient (Wildman–Crippen LogP) is 3.47. The molecular formula is C19H17ClN4O5. The number of nitrogens with zero attached hydrogens (tertiary/aromatic N) is 1. The largest absolute Gasteiger partial charge is 0.496 e. The van der Waals surface area contributed by atoms with E-state index in [2.05, 4.69) is 15.8 Å². The van der Waals surface area contributed by atoms with Crippen LogP contribution in [0.25, 0.3) is 10.9 Å². The minimum Gasteiger partial charge on any atom is -0.496 e. The van der Waals surface area contributed by atoms with Crippen molar-refractivity contribution in [3.05, 3.63) is 53.2 Å². The number of hydrogen-bond acceptors (Lipinski definition) is 6. The number of nitrogens with one attached hydrogen (secondary N) is 2. The number of amides is 3. The van der Waals surface area contributed by atoms with Gasteiger partial charge in [0.05, 0.1) is 36.0 Å². The maximum absolute atomic E-state index is 12.3. The van der Waals surface area contributed by atoms with Crippen molar-refractivity contribution in [2.45, 2.75) is 0 Å². The van der Waals surface area contributed by atoms with Gasteiger partial charge < -0.3 is 20.5 Å². The number of pyridine rings is 1. The van der Waals surface area contributed by atoms with Crippen LogP contribution in [0.4, 0.5) is 10.5 Å². The molecule has 29 heavy (non-hydrogen) atoms. The van der Waals surface area contributed by atoms with Gasteiger partial charge in [0.15, 0.2) is 0 Å². The number of hydrogen-bond donors (Lipinski definition) is 3. The molecule has 2 aromatic carbocycles. The second-order valence-electron chi connectivity index (χ2n) is 5.75. The van der Waals surface area contributed by atoms with Crippen molar-refractivity contribution in [3.63, 3.8) is 0 Å². The first-order chi connectivity index (χ1) is 13.9. The van der Waals surface area contributed by atoms with E-state index in [1.165, 1.54) is 20.3 Å². The molecule has 3 amide bonds. The van der Waals surface area contributed by atoms with E-state index in [1.54, 1.807) is 36.5 Å². The smallest absolute Gasteiger partial charge is 0.316 e. The van der Waals surface area contributed by atoms with E-state index in [0.717, 1.165) is 0 Å². The molecule has 0 aliphatic carbocycles. The number of aromatic nitrogens is 1. The third kappa shape index (κ3) is 4.48. The fraction of sp³-hybridized carbons (Fsp3) is 0.105. The Morgan fingerprint density at radius 3 is 2.55 bits per heavy atom. The van der Waals surface area contributed by atoms with Gasteiger partial charge in [0.1, 0.15) is 17.2 Å². The van der Waals surface area contributed by atoms with Crippen LogP contribution >= 0.6 is 11.6 Å². The van der Waals surface area contributed by atoms with Crippen molar-refractivity contribution >= 4 is 40.1 Å². The third-order valence-electron chi connectivity index (χ3n) is 3.89. The number of nitrogens with two attached hydrogens (primary N) is 1. The zero-order chi connectivity index (χ0) is 21.0. The number of carbonyl (C=O) groups is 2. The molecule has 0 saturated carbocycles. The Labute approximate surface area is 170 Å². The molecule has 0 atom stereocenters. The molecule has 0 radical (unpaired) electrons. The molecule has 9 nitrogen and oxygen atoms in total. The first-order valence-corrected chi connectivity index (χ1v) is 8.64. The Kier molecular flexibility index (Phi) is 6.01. The molecule has 3 rings (SSSR count). The Bertz CT molecular complexity index is 1090. The average molecular weight is 417 g/mol. The highest BCUT2D eigenvalue weighted by Gasteiger charge is 2.17. The van der Waals surface area contributed by atoms with Crippen LogP contribution in [0.2, 0.25) is 5.02 Å². The maximum atomic E-state index is 12.3. The molecular weight excluding hydrogens is 400 g/mol. The summed E-state index contributed by atoms with van der Waals surface area (Å²) >= 11 is 6.15. The molecule has 10 heteroatoms. The lowest BCUT2D eigenvalue weighted by molar-refractivity contribution is 0.0535. The highest BCUT2D eigenvalue weighted by molar-refractivity contribution is 6.33. The number of urea groups is 1. The number of fused-ring (bicyclic) bond motifs is 1. The summed E-state index contributed by atoms with van der Waals surface area (Å²) < 4.78 is 11.2. The second kappa shape index (κ2) is 8.63. The van der Waals surface area contributed by atoms with E-state index in [-0.39, 0.29) is 10.6 Å². The fourth-order valence-corrected chi connectivity index (χ4v) is 2.87. The molecule has 3 aromatic rings. The topological polar surface area (TPSA) is 125 Å². The number of methoxy groups -OCH3 is 1. The van der Waals surface area contributed by atoms with E-state index in [1.807, 2.05) is 0 Å². The molecule has 0 spiro atoms. The standard InChI is InChI=1S/C19H17ClN4O5/c1-27-17-9-15-11(8-12(17)18(25)24-28-2)16(5-6-22-15)29-10-3-4-14(13(20)7-10)23-19(21)26/h3-9H,1-2H3,(H,24,25)(H3,21,23,26). The molecule has 1 aromatic heterocycles. The summed E-state index contributed by atoms with van der Waals surface area (Å²) in [6.07, 6.45) is 1.57. The molecule has 0 bridgehead atoms. The number of primary amides is 1. The van der Waals surface area contributed by atoms with Crippen molar-refractivity contribution in [2.75, 3.05) is 19.5 Å². The minimum absolute atomic E-state index is 0.249. The Hall–Kier alpha value is -3.56. The van der Waals surface area contributed by atoms with Gasteiger partial charge in [-0.1, -0.05) is 11.6 Å². The number of ether oxygens (including phenoxy) is 2. The third-order valence-corrected chi connectivity index (χ3v) is 4.20. The molecule has 0 aliphatic heterocycles. The lowest BCUT2D eigenvalue weighted by atomic mass is 10.1. The summed E-state index contributed by atoms with van der Waals surface area (Å²) in [5.74, 6) is 0.708. The molecule has 0 fully saturated rings. The zero-order valence-electron chi connectivity index (χ0n) is 15.5. The van der Waals surface area contributed by atoms with Crippen molar-refractivity contribution in [2.24, 2.45) is 5.73 Å². The summed E-state index contributed by atoms with van der Waals surface area (Å²) in [4.78, 5) is 32.2. The van der Waals surface area contributed by atoms with Gasteiger partial charge >= 0.3 is 6.03 Å². The maximum Gasteiger partial charge on any atom is 0.316 e. The van der Waals surface area contributed by atoms with Crippen molar-refractivity contribution < 1.29 is 23.9 Å².